The average molecular weight is 498 g/mol. The molecule has 3 heterocycles. The number of carbonyl (C=O) groups excluding carboxylic acids is 1. The number of rotatable bonds is 6. The summed E-state index contributed by atoms with van der Waals surface area (Å²) in [6.07, 6.45) is -2.83. The van der Waals surface area contributed by atoms with Gasteiger partial charge in [-0.2, -0.15) is 13.6 Å². The number of aromatic hydroxyl groups is 1. The van der Waals surface area contributed by atoms with Crippen molar-refractivity contribution >= 4 is 11.7 Å². The van der Waals surface area contributed by atoms with Crippen LogP contribution in [0.4, 0.5) is 19.3 Å². The van der Waals surface area contributed by atoms with E-state index in [4.69, 9.17) is 9.15 Å². The van der Waals surface area contributed by atoms with Crippen LogP contribution in [-0.4, -0.2) is 72.7 Å². The molecule has 36 heavy (non-hydrogen) atoms. The number of tetrazole rings is 1. The Morgan fingerprint density at radius 3 is 2.53 bits per heavy atom. The third-order valence-electron chi connectivity index (χ3n) is 5.40. The van der Waals surface area contributed by atoms with E-state index in [-0.39, 0.29) is 29.9 Å². The Labute approximate surface area is 202 Å². The van der Waals surface area contributed by atoms with Gasteiger partial charge in [0.2, 0.25) is 11.7 Å². The van der Waals surface area contributed by atoms with Gasteiger partial charge in [0.15, 0.2) is 0 Å². The van der Waals surface area contributed by atoms with Crippen LogP contribution >= 0.6 is 0 Å². The van der Waals surface area contributed by atoms with Crippen molar-refractivity contribution in [2.24, 2.45) is 0 Å². The molecule has 2 aromatic carbocycles. The third-order valence-corrected chi connectivity index (χ3v) is 5.40. The Hall–Kier alpha value is -4.46. The predicted octanol–water partition coefficient (Wildman–Crippen LogP) is 2.95. The van der Waals surface area contributed by atoms with Crippen LogP contribution in [0.2, 0.25) is 0 Å². The van der Waals surface area contributed by atoms with Crippen molar-refractivity contribution in [1.82, 2.24) is 35.3 Å². The van der Waals surface area contributed by atoms with Gasteiger partial charge >= 0.3 is 12.5 Å². The number of carbonyl (C=O) groups is 1. The standard InChI is InChI=1S/C22H20F2N8O4/c23-18(24)21-28-27-20(36-21)14-3-1-13(2-4-14)12-32-29-19(26-30-32)15-5-6-17(33)16(11-15)25-22(34)31-7-9-35-10-8-31/h1-6,11,18,33H,7-10,12H2,(H,25,34). The number of ether oxygens (including phenoxy) is 1. The van der Waals surface area contributed by atoms with Crippen molar-refractivity contribution in [2.45, 2.75) is 13.0 Å². The molecule has 1 fully saturated rings. The first-order chi connectivity index (χ1) is 17.5. The molecular weight excluding hydrogens is 478 g/mol. The monoisotopic (exact) mass is 498 g/mol. The van der Waals surface area contributed by atoms with Crippen LogP contribution in [-0.2, 0) is 11.3 Å². The van der Waals surface area contributed by atoms with Crippen LogP contribution in [0.1, 0.15) is 17.9 Å². The average Bonchev–Trinajstić information content (AvgIpc) is 3.57. The molecule has 0 radical (unpaired) electrons. The maximum Gasteiger partial charge on any atom is 0.322 e. The smallest absolute Gasteiger partial charge is 0.322 e. The minimum atomic E-state index is -2.83. The van der Waals surface area contributed by atoms with Gasteiger partial charge in [-0.25, -0.2) is 4.79 Å². The highest BCUT2D eigenvalue weighted by atomic mass is 19.3. The lowest BCUT2D eigenvalue weighted by molar-refractivity contribution is 0.0564. The second kappa shape index (κ2) is 10.0. The molecule has 4 aromatic rings. The molecular formula is C22H20F2N8O4. The summed E-state index contributed by atoms with van der Waals surface area (Å²) in [5.74, 6) is -0.512. The molecule has 1 aliphatic heterocycles. The van der Waals surface area contributed by atoms with E-state index >= 15 is 0 Å². The molecule has 0 unspecified atom stereocenters. The quantitative estimate of drug-likeness (QED) is 0.383. The van der Waals surface area contributed by atoms with Gasteiger partial charge in [0, 0.05) is 24.2 Å². The number of morpholine rings is 1. The molecule has 186 valence electrons. The number of benzene rings is 2. The zero-order valence-electron chi connectivity index (χ0n) is 18.7. The number of phenolic OH excluding ortho intramolecular Hbond substituents is 1. The van der Waals surface area contributed by atoms with Crippen LogP contribution < -0.4 is 5.32 Å². The summed E-state index contributed by atoms with van der Waals surface area (Å²) in [5, 5.41) is 32.3. The number of phenols is 1. The summed E-state index contributed by atoms with van der Waals surface area (Å²) in [5.41, 5.74) is 2.10. The summed E-state index contributed by atoms with van der Waals surface area (Å²) in [4.78, 5) is 15.5. The molecule has 2 N–H and O–H groups in total. The van der Waals surface area contributed by atoms with Gasteiger partial charge in [0.25, 0.3) is 5.89 Å². The molecule has 0 spiro atoms. The Balaban J connectivity index is 1.26. The van der Waals surface area contributed by atoms with Crippen LogP contribution in [0, 0.1) is 0 Å². The SMILES string of the molecule is O=C(Nc1cc(-c2nnn(Cc3ccc(-c4nnc(C(F)F)o4)cc3)n2)ccc1O)N1CCOCC1. The highest BCUT2D eigenvalue weighted by Crippen LogP contribution is 2.29. The van der Waals surface area contributed by atoms with Gasteiger partial charge in [-0.3, -0.25) is 0 Å². The highest BCUT2D eigenvalue weighted by molar-refractivity contribution is 5.91. The number of alkyl halides is 2. The number of anilines is 1. The van der Waals surface area contributed by atoms with Crippen LogP contribution in [0.5, 0.6) is 5.75 Å². The normalized spacial score (nSPS) is 13.8. The van der Waals surface area contributed by atoms with Gasteiger partial charge in [0.1, 0.15) is 5.75 Å². The zero-order valence-corrected chi connectivity index (χ0v) is 18.7. The Morgan fingerprint density at radius 2 is 1.81 bits per heavy atom. The number of nitrogens with one attached hydrogen (secondary N) is 1. The Kier molecular flexibility index (Phi) is 6.49. The fraction of sp³-hybridized carbons (Fsp3) is 0.273. The summed E-state index contributed by atoms with van der Waals surface area (Å²) >= 11 is 0. The summed E-state index contributed by atoms with van der Waals surface area (Å²) < 4.78 is 35.5. The summed E-state index contributed by atoms with van der Waals surface area (Å²) in [7, 11) is 0. The topological polar surface area (TPSA) is 144 Å². The lowest BCUT2D eigenvalue weighted by atomic mass is 10.1. The number of nitrogens with zero attached hydrogens (tertiary/aromatic N) is 7. The number of hydrogen-bond acceptors (Lipinski definition) is 9. The van der Waals surface area contributed by atoms with E-state index in [0.717, 1.165) is 5.56 Å². The maximum absolute atomic E-state index is 12.6. The highest BCUT2D eigenvalue weighted by Gasteiger charge is 2.19. The number of urea groups is 1. The molecule has 14 heteroatoms. The van der Waals surface area contributed by atoms with Crippen LogP contribution in [0.15, 0.2) is 46.9 Å². The first-order valence-electron chi connectivity index (χ1n) is 10.9. The van der Waals surface area contributed by atoms with E-state index in [2.05, 4.69) is 30.9 Å². The van der Waals surface area contributed by atoms with Gasteiger partial charge in [-0.05, 0) is 41.1 Å². The summed E-state index contributed by atoms with van der Waals surface area (Å²) in [6, 6.07) is 11.1. The fourth-order valence-electron chi connectivity index (χ4n) is 3.52. The lowest BCUT2D eigenvalue weighted by Gasteiger charge is -2.27. The second-order valence-electron chi connectivity index (χ2n) is 7.85. The molecule has 0 saturated carbocycles. The molecule has 2 amide bonds. The first kappa shape index (κ1) is 23.3. The van der Waals surface area contributed by atoms with Crippen molar-refractivity contribution in [1.29, 1.82) is 0 Å². The molecule has 0 atom stereocenters. The van der Waals surface area contributed by atoms with Gasteiger partial charge in [0.05, 0.1) is 25.4 Å². The Bertz CT molecular complexity index is 1350. The van der Waals surface area contributed by atoms with Crippen molar-refractivity contribution in [3.8, 4) is 28.6 Å². The second-order valence-corrected chi connectivity index (χ2v) is 7.85. The number of amides is 2. The van der Waals surface area contributed by atoms with E-state index in [1.165, 1.54) is 10.9 Å². The molecule has 1 aliphatic rings. The molecule has 1 saturated heterocycles. The van der Waals surface area contributed by atoms with Gasteiger partial charge in [-0.15, -0.1) is 20.4 Å². The van der Waals surface area contributed by atoms with E-state index in [1.807, 2.05) is 0 Å². The fourth-order valence-corrected chi connectivity index (χ4v) is 3.52. The predicted molar refractivity (Wildman–Crippen MR) is 120 cm³/mol. The van der Waals surface area contributed by atoms with E-state index in [9.17, 15) is 18.7 Å². The van der Waals surface area contributed by atoms with Crippen molar-refractivity contribution in [3.63, 3.8) is 0 Å². The Morgan fingerprint density at radius 1 is 1.06 bits per heavy atom. The number of hydrogen-bond donors (Lipinski definition) is 2. The minimum absolute atomic E-state index is 0.00172. The van der Waals surface area contributed by atoms with Crippen LogP contribution in [0.25, 0.3) is 22.8 Å². The lowest BCUT2D eigenvalue weighted by Crippen LogP contribution is -2.43. The third kappa shape index (κ3) is 5.12. The minimum Gasteiger partial charge on any atom is -0.506 e. The largest absolute Gasteiger partial charge is 0.506 e. The summed E-state index contributed by atoms with van der Waals surface area (Å²) in [6.45, 7) is 2.15. The molecule has 0 aliphatic carbocycles. The molecule has 5 rings (SSSR count). The van der Waals surface area contributed by atoms with Crippen molar-refractivity contribution in [2.75, 3.05) is 31.6 Å². The van der Waals surface area contributed by atoms with E-state index < -0.39 is 12.3 Å². The van der Waals surface area contributed by atoms with Crippen molar-refractivity contribution in [3.05, 3.63) is 53.9 Å². The maximum atomic E-state index is 12.6. The van der Waals surface area contributed by atoms with Crippen LogP contribution in [0.3, 0.4) is 0 Å². The molecule has 12 nitrogen and oxygen atoms in total. The van der Waals surface area contributed by atoms with Crippen molar-refractivity contribution < 1.29 is 27.8 Å². The van der Waals surface area contributed by atoms with E-state index in [1.54, 1.807) is 41.3 Å². The van der Waals surface area contributed by atoms with Gasteiger partial charge < -0.3 is 24.5 Å². The number of halogens is 2. The zero-order chi connectivity index (χ0) is 25.1. The van der Waals surface area contributed by atoms with Gasteiger partial charge in [-0.1, -0.05) is 12.1 Å². The van der Waals surface area contributed by atoms with E-state index in [0.29, 0.717) is 43.3 Å². The molecule has 0 bridgehead atoms. The number of aromatic nitrogens is 6. The molecule has 2 aromatic heterocycles. The first-order valence-corrected chi connectivity index (χ1v) is 10.9.